The van der Waals surface area contributed by atoms with Crippen LogP contribution in [0.2, 0.25) is 0 Å². The van der Waals surface area contributed by atoms with E-state index in [9.17, 15) is 10.2 Å². The Kier molecular flexibility index (Phi) is 4.65. The van der Waals surface area contributed by atoms with Gasteiger partial charge in [0.1, 0.15) is 0 Å². The number of fused-ring (bicyclic) bond motifs is 1. The van der Waals surface area contributed by atoms with Crippen LogP contribution in [-0.4, -0.2) is 52.6 Å². The zero-order valence-corrected chi connectivity index (χ0v) is 12.4. The van der Waals surface area contributed by atoms with Crippen LogP contribution in [0.5, 0.6) is 0 Å². The van der Waals surface area contributed by atoms with Crippen molar-refractivity contribution < 1.29 is 19.7 Å². The van der Waals surface area contributed by atoms with Crippen LogP contribution in [0.3, 0.4) is 0 Å². The second-order valence-corrected chi connectivity index (χ2v) is 6.99. The van der Waals surface area contributed by atoms with Crippen LogP contribution >= 0.6 is 0 Å². The Morgan fingerprint density at radius 2 is 1.65 bits per heavy atom. The number of ether oxygens (including phenoxy) is 2. The Balaban J connectivity index is 1.55. The predicted molar refractivity (Wildman–Crippen MR) is 76.5 cm³/mol. The lowest BCUT2D eigenvalue weighted by Gasteiger charge is -2.43. The molecule has 0 amide bonds. The first kappa shape index (κ1) is 14.8. The van der Waals surface area contributed by atoms with E-state index in [0.717, 1.165) is 32.1 Å². The summed E-state index contributed by atoms with van der Waals surface area (Å²) in [6.07, 6.45) is 8.62. The third-order valence-electron chi connectivity index (χ3n) is 5.79. The normalized spacial score (nSPS) is 49.6. The average molecular weight is 285 g/mol. The quantitative estimate of drug-likeness (QED) is 0.754. The van der Waals surface area contributed by atoms with Crippen LogP contribution in [0.4, 0.5) is 0 Å². The maximum Gasteiger partial charge on any atom is 0.162 e. The topological polar surface area (TPSA) is 62.5 Å². The van der Waals surface area contributed by atoms with E-state index in [2.05, 4.69) is 0 Å². The molecular weight excluding hydrogens is 256 g/mol. The molecule has 5 unspecified atom stereocenters. The molecule has 3 rings (SSSR count). The Bertz CT molecular complexity index is 314. The number of aliphatic hydroxyl groups is 4. The standard InChI is InChI=1S/C16H28O4/c1-19-12-4-2-10(3-5-12)15-7-6-13-14(18)8-11(17)9-16(13)20-15/h10-18H,2-9H2,1H3/p+1. The molecule has 2 aliphatic carbocycles. The fraction of sp³-hybridized carbons (Fsp3) is 1.00. The Hall–Kier alpha value is -0.160. The van der Waals surface area contributed by atoms with Gasteiger partial charge >= 0.3 is 0 Å². The largest absolute Gasteiger partial charge is 0.429 e. The molecule has 3 fully saturated rings. The van der Waals surface area contributed by atoms with Crippen LogP contribution in [0.25, 0.3) is 0 Å². The molecule has 0 aromatic carbocycles. The van der Waals surface area contributed by atoms with Crippen LogP contribution < -0.4 is 0 Å². The molecule has 1 aliphatic heterocycles. The summed E-state index contributed by atoms with van der Waals surface area (Å²) >= 11 is 0. The molecule has 1 saturated heterocycles. The van der Waals surface area contributed by atoms with Crippen molar-refractivity contribution in [1.82, 2.24) is 0 Å². The molecule has 0 aromatic heterocycles. The van der Waals surface area contributed by atoms with Gasteiger partial charge in [-0.3, -0.25) is 0 Å². The molecule has 1 heterocycles. The van der Waals surface area contributed by atoms with Gasteiger partial charge in [0, 0.05) is 32.3 Å². The minimum Gasteiger partial charge on any atom is -0.429 e. The lowest BCUT2D eigenvalue weighted by atomic mass is 9.74. The van der Waals surface area contributed by atoms with Crippen LogP contribution in [0.1, 0.15) is 51.4 Å². The minimum absolute atomic E-state index is 0.188. The number of rotatable bonds is 2. The molecule has 0 spiro atoms. The van der Waals surface area contributed by atoms with Crippen molar-refractivity contribution in [2.24, 2.45) is 11.8 Å². The smallest absolute Gasteiger partial charge is 0.162 e. The molecule has 116 valence electrons. The minimum atomic E-state index is -0.363. The summed E-state index contributed by atoms with van der Waals surface area (Å²) in [7, 11) is 1.81. The van der Waals surface area contributed by atoms with E-state index < -0.39 is 0 Å². The zero-order chi connectivity index (χ0) is 14.1. The van der Waals surface area contributed by atoms with Crippen LogP contribution in [-0.2, 0) is 4.74 Å². The average Bonchev–Trinajstić information content (AvgIpc) is 2.46. The molecule has 4 heteroatoms. The first-order valence-corrected chi connectivity index (χ1v) is 8.26. The Labute approximate surface area is 121 Å². The van der Waals surface area contributed by atoms with Gasteiger partial charge in [-0.1, -0.05) is 0 Å². The summed E-state index contributed by atoms with van der Waals surface area (Å²) in [6.45, 7) is 0. The molecule has 3 aliphatic rings. The van der Waals surface area contributed by atoms with Gasteiger partial charge in [-0.2, -0.15) is 0 Å². The fourth-order valence-electron chi connectivity index (χ4n) is 4.57. The van der Waals surface area contributed by atoms with E-state index >= 15 is 0 Å². The number of hydrogen-bond acceptors (Lipinski definition) is 3. The van der Waals surface area contributed by atoms with E-state index in [1.807, 2.05) is 7.11 Å². The third kappa shape index (κ3) is 3.03. The molecule has 0 aromatic rings. The highest BCUT2D eigenvalue weighted by Crippen LogP contribution is 2.39. The highest BCUT2D eigenvalue weighted by molar-refractivity contribution is 4.92. The molecule has 0 radical (unpaired) electrons. The van der Waals surface area contributed by atoms with Crippen molar-refractivity contribution in [3.05, 3.63) is 0 Å². The first-order chi connectivity index (χ1) is 9.67. The van der Waals surface area contributed by atoms with Crippen molar-refractivity contribution in [1.29, 1.82) is 0 Å². The summed E-state index contributed by atoms with van der Waals surface area (Å²) in [6, 6.07) is 0. The van der Waals surface area contributed by atoms with Gasteiger partial charge in [0.05, 0.1) is 24.2 Å². The van der Waals surface area contributed by atoms with Gasteiger partial charge < -0.3 is 19.7 Å². The predicted octanol–water partition coefficient (Wildman–Crippen LogP) is 1.38. The van der Waals surface area contributed by atoms with E-state index in [0.29, 0.717) is 30.5 Å². The van der Waals surface area contributed by atoms with Crippen LogP contribution in [0.15, 0.2) is 0 Å². The second kappa shape index (κ2) is 6.30. The summed E-state index contributed by atoms with van der Waals surface area (Å²) in [4.78, 5) is 0. The van der Waals surface area contributed by atoms with E-state index in [4.69, 9.17) is 9.47 Å². The molecule has 4 nitrogen and oxygen atoms in total. The number of hydrogen-bond donors (Lipinski definition) is 2. The monoisotopic (exact) mass is 285 g/mol. The first-order valence-electron chi connectivity index (χ1n) is 8.26. The summed E-state index contributed by atoms with van der Waals surface area (Å²) in [5.74, 6) is 0.989. The second-order valence-electron chi connectivity index (χ2n) is 6.99. The van der Waals surface area contributed by atoms with Gasteiger partial charge in [-0.25, -0.2) is 0 Å². The maximum absolute atomic E-state index is 10.1. The van der Waals surface area contributed by atoms with E-state index in [-0.39, 0.29) is 18.3 Å². The summed E-state index contributed by atoms with van der Waals surface area (Å²) in [5, 5.41) is 19.9. The van der Waals surface area contributed by atoms with Crippen molar-refractivity contribution in [3.63, 3.8) is 0 Å². The number of aliphatic hydroxyl groups excluding tert-OH is 2. The van der Waals surface area contributed by atoms with Crippen LogP contribution in [0, 0.1) is 11.8 Å². The Morgan fingerprint density at radius 3 is 2.35 bits per heavy atom. The maximum atomic E-state index is 10.1. The third-order valence-corrected chi connectivity index (χ3v) is 5.79. The lowest BCUT2D eigenvalue weighted by molar-refractivity contribution is -0.264. The van der Waals surface area contributed by atoms with Gasteiger partial charge in [0.2, 0.25) is 0 Å². The lowest BCUT2D eigenvalue weighted by Crippen LogP contribution is -2.51. The van der Waals surface area contributed by atoms with E-state index in [1.165, 1.54) is 12.8 Å². The summed E-state index contributed by atoms with van der Waals surface area (Å²) in [5.41, 5.74) is 0. The Morgan fingerprint density at radius 1 is 0.900 bits per heavy atom. The van der Waals surface area contributed by atoms with Gasteiger partial charge in [-0.15, -0.1) is 0 Å². The fourth-order valence-corrected chi connectivity index (χ4v) is 4.57. The van der Waals surface area contributed by atoms with Crippen molar-refractivity contribution >= 4 is 0 Å². The molecular formula is C16H29O4+. The molecule has 5 atom stereocenters. The molecule has 2 saturated carbocycles. The van der Waals surface area contributed by atoms with Gasteiger partial charge in [-0.05, 0) is 32.1 Å². The van der Waals surface area contributed by atoms with Crippen molar-refractivity contribution in [2.45, 2.75) is 81.9 Å². The highest BCUT2D eigenvalue weighted by Gasteiger charge is 2.46. The molecule has 0 bridgehead atoms. The van der Waals surface area contributed by atoms with Crippen molar-refractivity contribution in [3.8, 4) is 0 Å². The zero-order valence-electron chi connectivity index (χ0n) is 12.4. The number of methoxy groups -OCH3 is 1. The van der Waals surface area contributed by atoms with Gasteiger partial charge in [0.15, 0.2) is 12.2 Å². The SMILES string of the molecule is COC1CCC(C2CCC3C(O)CC(O)CC3[OH+]2)CC1. The van der Waals surface area contributed by atoms with Gasteiger partial charge in [0.25, 0.3) is 0 Å². The summed E-state index contributed by atoms with van der Waals surface area (Å²) < 4.78 is 10.5. The highest BCUT2D eigenvalue weighted by atomic mass is 16.5. The van der Waals surface area contributed by atoms with Crippen molar-refractivity contribution in [2.75, 3.05) is 7.11 Å². The molecule has 20 heavy (non-hydrogen) atoms. The molecule has 3 N–H and O–H groups in total. The van der Waals surface area contributed by atoms with E-state index in [1.54, 1.807) is 0 Å².